The van der Waals surface area contributed by atoms with Crippen molar-refractivity contribution >= 4 is 17.6 Å². The summed E-state index contributed by atoms with van der Waals surface area (Å²) in [6, 6.07) is 0. The molecule has 1 amide bonds. The largest absolute Gasteiger partial charge is 0.384 e. The summed E-state index contributed by atoms with van der Waals surface area (Å²) >= 11 is 0. The van der Waals surface area contributed by atoms with Crippen molar-refractivity contribution in [2.24, 2.45) is 17.2 Å². The Morgan fingerprint density at radius 2 is 1.62 bits per heavy atom. The van der Waals surface area contributed by atoms with Crippen LogP contribution in [0.25, 0.3) is 0 Å². The van der Waals surface area contributed by atoms with E-state index in [1.54, 1.807) is 0 Å². The number of amides is 1. The molecule has 0 saturated carbocycles. The van der Waals surface area contributed by atoms with Crippen molar-refractivity contribution < 1.29 is 4.79 Å². The molecule has 1 rings (SSSR count). The first-order valence-corrected chi connectivity index (χ1v) is 4.34. The summed E-state index contributed by atoms with van der Waals surface area (Å²) in [7, 11) is 0. The van der Waals surface area contributed by atoms with Gasteiger partial charge in [0.05, 0.1) is 0 Å². The molecule has 0 aliphatic heterocycles. The van der Waals surface area contributed by atoms with E-state index in [1.807, 2.05) is 0 Å². The quantitative estimate of drug-likeness (QED) is 0.254. The SMILES string of the molecule is N=C(N)c1cn(NCC(N)=O)cc1C(=N)N. The molecule has 86 valence electrons. The summed E-state index contributed by atoms with van der Waals surface area (Å²) < 4.78 is 1.39. The third-order valence-corrected chi connectivity index (χ3v) is 1.84. The van der Waals surface area contributed by atoms with Crippen LogP contribution in [0.5, 0.6) is 0 Å². The second kappa shape index (κ2) is 4.34. The minimum absolute atomic E-state index is 0.0661. The highest BCUT2D eigenvalue weighted by Gasteiger charge is 2.11. The van der Waals surface area contributed by atoms with E-state index in [0.29, 0.717) is 11.1 Å². The normalized spacial score (nSPS) is 9.75. The number of hydrogen-bond donors (Lipinski definition) is 6. The third-order valence-electron chi connectivity index (χ3n) is 1.84. The van der Waals surface area contributed by atoms with Crippen LogP contribution in [0.4, 0.5) is 0 Å². The van der Waals surface area contributed by atoms with Crippen LogP contribution in [0.3, 0.4) is 0 Å². The molecule has 0 spiro atoms. The predicted octanol–water partition coefficient (Wildman–Crippen LogP) is -1.91. The van der Waals surface area contributed by atoms with Gasteiger partial charge in [0.1, 0.15) is 18.2 Å². The summed E-state index contributed by atoms with van der Waals surface area (Å²) in [5, 5.41) is 14.6. The van der Waals surface area contributed by atoms with Gasteiger partial charge in [0.2, 0.25) is 5.91 Å². The molecule has 1 aromatic rings. The Balaban J connectivity index is 2.97. The highest BCUT2D eigenvalue weighted by Crippen LogP contribution is 2.08. The summed E-state index contributed by atoms with van der Waals surface area (Å²) in [6.45, 7) is -0.0661. The van der Waals surface area contributed by atoms with Crippen LogP contribution in [0.1, 0.15) is 11.1 Å². The number of hydrogen-bond acceptors (Lipinski definition) is 4. The van der Waals surface area contributed by atoms with Crippen LogP contribution in [-0.2, 0) is 4.79 Å². The summed E-state index contributed by atoms with van der Waals surface area (Å²) in [6.07, 6.45) is 2.92. The van der Waals surface area contributed by atoms with E-state index in [2.05, 4.69) is 5.43 Å². The number of nitrogens with one attached hydrogen (secondary N) is 3. The minimum Gasteiger partial charge on any atom is -0.384 e. The summed E-state index contributed by atoms with van der Waals surface area (Å²) in [5.74, 6) is -0.933. The standard InChI is InChI=1S/C8H13N7O/c9-6(16)1-14-15-2-4(7(10)11)5(3-15)8(12)13/h2-3,14H,1H2,(H2,9,16)(H3,10,11)(H3,12,13). The number of aromatic nitrogens is 1. The fourth-order valence-corrected chi connectivity index (χ4v) is 1.14. The van der Waals surface area contributed by atoms with Crippen LogP contribution in [0, 0.1) is 10.8 Å². The van der Waals surface area contributed by atoms with Gasteiger partial charge in [0.25, 0.3) is 0 Å². The highest BCUT2D eigenvalue weighted by molar-refractivity contribution is 6.08. The van der Waals surface area contributed by atoms with Gasteiger partial charge in [-0.05, 0) is 0 Å². The lowest BCUT2D eigenvalue weighted by atomic mass is 10.2. The number of primary amides is 1. The molecule has 16 heavy (non-hydrogen) atoms. The first kappa shape index (κ1) is 11.6. The topological polar surface area (TPSA) is 160 Å². The molecule has 0 saturated heterocycles. The second-order valence-corrected chi connectivity index (χ2v) is 3.12. The first-order valence-electron chi connectivity index (χ1n) is 4.34. The molecule has 0 aromatic carbocycles. The number of rotatable bonds is 5. The molecule has 0 aliphatic rings. The molecule has 0 fully saturated rings. The van der Waals surface area contributed by atoms with Crippen molar-refractivity contribution in [3.05, 3.63) is 23.5 Å². The molecule has 1 heterocycles. The predicted molar refractivity (Wildman–Crippen MR) is 59.9 cm³/mol. The van der Waals surface area contributed by atoms with Gasteiger partial charge in [0.15, 0.2) is 0 Å². The number of carbonyl (C=O) groups is 1. The Morgan fingerprint density at radius 3 is 1.94 bits per heavy atom. The molecule has 8 heteroatoms. The van der Waals surface area contributed by atoms with Crippen LogP contribution >= 0.6 is 0 Å². The van der Waals surface area contributed by atoms with Crippen LogP contribution < -0.4 is 22.6 Å². The fraction of sp³-hybridized carbons (Fsp3) is 0.125. The van der Waals surface area contributed by atoms with Crippen molar-refractivity contribution in [1.29, 1.82) is 10.8 Å². The van der Waals surface area contributed by atoms with Gasteiger partial charge in [-0.2, -0.15) is 0 Å². The third kappa shape index (κ3) is 2.50. The molecule has 9 N–H and O–H groups in total. The number of amidine groups is 2. The monoisotopic (exact) mass is 223 g/mol. The Morgan fingerprint density at radius 1 is 1.19 bits per heavy atom. The van der Waals surface area contributed by atoms with E-state index in [1.165, 1.54) is 17.1 Å². The number of nitrogens with zero attached hydrogens (tertiary/aromatic N) is 1. The molecule has 0 bridgehead atoms. The van der Waals surface area contributed by atoms with Crippen molar-refractivity contribution in [3.63, 3.8) is 0 Å². The molecule has 0 atom stereocenters. The Bertz CT molecular complexity index is 416. The minimum atomic E-state index is -0.526. The molecule has 0 unspecified atom stereocenters. The Hall–Kier alpha value is -2.51. The molecule has 0 aliphatic carbocycles. The van der Waals surface area contributed by atoms with Crippen LogP contribution in [-0.4, -0.2) is 28.8 Å². The van der Waals surface area contributed by atoms with Gasteiger partial charge in [0, 0.05) is 23.5 Å². The lowest BCUT2D eigenvalue weighted by Crippen LogP contribution is -2.27. The van der Waals surface area contributed by atoms with Gasteiger partial charge in [-0.1, -0.05) is 0 Å². The van der Waals surface area contributed by atoms with Crippen LogP contribution in [0.15, 0.2) is 12.4 Å². The van der Waals surface area contributed by atoms with Crippen molar-refractivity contribution in [3.8, 4) is 0 Å². The first-order chi connectivity index (χ1) is 7.41. The lowest BCUT2D eigenvalue weighted by molar-refractivity contribution is -0.116. The lowest BCUT2D eigenvalue weighted by Gasteiger charge is -2.03. The van der Waals surface area contributed by atoms with Crippen molar-refractivity contribution in [2.75, 3.05) is 12.0 Å². The van der Waals surface area contributed by atoms with Gasteiger partial charge >= 0.3 is 0 Å². The number of nitrogen functional groups attached to an aromatic ring is 2. The average Bonchev–Trinajstić information content (AvgIpc) is 2.58. The van der Waals surface area contributed by atoms with Gasteiger partial charge < -0.3 is 22.6 Å². The maximum Gasteiger partial charge on any atom is 0.238 e. The fourth-order valence-electron chi connectivity index (χ4n) is 1.14. The zero-order chi connectivity index (χ0) is 12.3. The molecule has 8 nitrogen and oxygen atoms in total. The summed E-state index contributed by atoms with van der Waals surface area (Å²) in [5.41, 5.74) is 18.9. The molecular weight excluding hydrogens is 210 g/mol. The smallest absolute Gasteiger partial charge is 0.238 e. The van der Waals surface area contributed by atoms with Gasteiger partial charge in [-0.25, -0.2) is 0 Å². The molecular formula is C8H13N7O. The van der Waals surface area contributed by atoms with Crippen molar-refractivity contribution in [1.82, 2.24) is 4.68 Å². The Labute approximate surface area is 91.4 Å². The van der Waals surface area contributed by atoms with E-state index >= 15 is 0 Å². The maximum absolute atomic E-state index is 10.5. The van der Waals surface area contributed by atoms with E-state index in [9.17, 15) is 4.79 Å². The number of carbonyl (C=O) groups excluding carboxylic acids is 1. The van der Waals surface area contributed by atoms with E-state index in [4.69, 9.17) is 28.0 Å². The molecule has 1 aromatic heterocycles. The van der Waals surface area contributed by atoms with Crippen LogP contribution in [0.2, 0.25) is 0 Å². The highest BCUT2D eigenvalue weighted by atomic mass is 16.1. The van der Waals surface area contributed by atoms with E-state index < -0.39 is 5.91 Å². The van der Waals surface area contributed by atoms with E-state index in [-0.39, 0.29) is 18.2 Å². The van der Waals surface area contributed by atoms with E-state index in [0.717, 1.165) is 0 Å². The molecule has 0 radical (unpaired) electrons. The summed E-state index contributed by atoms with van der Waals surface area (Å²) in [4.78, 5) is 10.5. The second-order valence-electron chi connectivity index (χ2n) is 3.12. The maximum atomic E-state index is 10.5. The zero-order valence-corrected chi connectivity index (χ0v) is 8.45. The van der Waals surface area contributed by atoms with Gasteiger partial charge in [-0.15, -0.1) is 0 Å². The van der Waals surface area contributed by atoms with Gasteiger partial charge in [-0.3, -0.25) is 20.3 Å². The average molecular weight is 223 g/mol. The Kier molecular flexibility index (Phi) is 3.14. The zero-order valence-electron chi connectivity index (χ0n) is 8.45. The number of nitrogens with two attached hydrogens (primary N) is 3. The van der Waals surface area contributed by atoms with Crippen molar-refractivity contribution in [2.45, 2.75) is 0 Å².